The van der Waals surface area contributed by atoms with Gasteiger partial charge in [0.05, 0.1) is 0 Å². The summed E-state index contributed by atoms with van der Waals surface area (Å²) in [6.45, 7) is 0. The molecule has 0 radical (unpaired) electrons. The summed E-state index contributed by atoms with van der Waals surface area (Å²) >= 11 is 5.46. The van der Waals surface area contributed by atoms with Crippen LogP contribution in [0.3, 0.4) is 0 Å². The largest absolute Gasteiger partial charge is 0.208 e. The van der Waals surface area contributed by atoms with Crippen LogP contribution < -0.4 is 0 Å². The fourth-order valence-corrected chi connectivity index (χ4v) is 10.9. The lowest BCUT2D eigenvalue weighted by molar-refractivity contribution is 1.08. The number of rotatable bonds is 4. The number of nitrogens with zero attached hydrogens (tertiary/aromatic N) is 3. The van der Waals surface area contributed by atoms with E-state index in [0.717, 1.165) is 16.7 Å². The van der Waals surface area contributed by atoms with E-state index in [1.54, 1.807) is 0 Å². The molecule has 238 valence electrons. The predicted octanol–water partition coefficient (Wildman–Crippen LogP) is 13.6. The third-order valence-electron chi connectivity index (χ3n) is 9.78. The van der Waals surface area contributed by atoms with Gasteiger partial charge in [-0.3, -0.25) is 0 Å². The zero-order valence-corrected chi connectivity index (χ0v) is 29.4. The van der Waals surface area contributed by atoms with Crippen molar-refractivity contribution in [2.45, 2.75) is 0 Å². The zero-order valence-electron chi connectivity index (χ0n) is 27.0. The van der Waals surface area contributed by atoms with Crippen LogP contribution in [0.1, 0.15) is 0 Å². The van der Waals surface area contributed by atoms with Gasteiger partial charge in [-0.2, -0.15) is 0 Å². The van der Waals surface area contributed by atoms with Crippen LogP contribution >= 0.6 is 34.0 Å². The van der Waals surface area contributed by atoms with Crippen molar-refractivity contribution in [3.8, 4) is 45.3 Å². The van der Waals surface area contributed by atoms with Gasteiger partial charge in [-0.15, -0.1) is 34.0 Å². The Morgan fingerprint density at radius 3 is 1.10 bits per heavy atom. The summed E-state index contributed by atoms with van der Waals surface area (Å²) in [5, 5.41) is 7.43. The molecular formula is C45H25N3S3. The van der Waals surface area contributed by atoms with Crippen molar-refractivity contribution in [3.05, 3.63) is 152 Å². The van der Waals surface area contributed by atoms with Gasteiger partial charge in [0.1, 0.15) is 0 Å². The molecule has 11 rings (SSSR count). The molecule has 4 aromatic heterocycles. The van der Waals surface area contributed by atoms with Crippen molar-refractivity contribution in [2.75, 3.05) is 0 Å². The van der Waals surface area contributed by atoms with Crippen LogP contribution in [0.15, 0.2) is 152 Å². The Hall–Kier alpha value is -5.79. The smallest absolute Gasteiger partial charge is 0.164 e. The molecule has 7 aromatic carbocycles. The molecular weight excluding hydrogens is 679 g/mol. The fraction of sp³-hybridized carbons (Fsp3) is 0. The van der Waals surface area contributed by atoms with Crippen LogP contribution in [0.2, 0.25) is 0 Å². The Balaban J connectivity index is 1.13. The van der Waals surface area contributed by atoms with Gasteiger partial charge in [-0.25, -0.2) is 15.0 Å². The summed E-state index contributed by atoms with van der Waals surface area (Å²) < 4.78 is 7.57. The average Bonchev–Trinajstić information content (AvgIpc) is 3.89. The van der Waals surface area contributed by atoms with E-state index in [9.17, 15) is 0 Å². The Bertz CT molecular complexity index is 3020. The van der Waals surface area contributed by atoms with E-state index in [1.165, 1.54) is 71.6 Å². The van der Waals surface area contributed by atoms with E-state index in [4.69, 9.17) is 15.0 Å². The van der Waals surface area contributed by atoms with Crippen molar-refractivity contribution in [1.82, 2.24) is 15.0 Å². The second kappa shape index (κ2) is 11.4. The van der Waals surface area contributed by atoms with Gasteiger partial charge in [0.15, 0.2) is 17.5 Å². The molecule has 51 heavy (non-hydrogen) atoms. The molecule has 0 saturated heterocycles. The summed E-state index contributed by atoms with van der Waals surface area (Å²) in [5.41, 5.74) is 5.40. The van der Waals surface area contributed by atoms with Gasteiger partial charge in [0.2, 0.25) is 0 Å². The second-order valence-electron chi connectivity index (χ2n) is 12.7. The van der Waals surface area contributed by atoms with E-state index in [1.807, 2.05) is 34.0 Å². The molecule has 0 fully saturated rings. The number of aromatic nitrogens is 3. The summed E-state index contributed by atoms with van der Waals surface area (Å²) in [6.07, 6.45) is 0. The third kappa shape index (κ3) is 4.58. The molecule has 0 aliphatic heterocycles. The summed E-state index contributed by atoms with van der Waals surface area (Å²) in [7, 11) is 0. The van der Waals surface area contributed by atoms with E-state index < -0.39 is 0 Å². The van der Waals surface area contributed by atoms with Crippen LogP contribution in [-0.4, -0.2) is 15.0 Å². The van der Waals surface area contributed by atoms with E-state index in [2.05, 4.69) is 152 Å². The zero-order chi connectivity index (χ0) is 33.5. The minimum absolute atomic E-state index is 0.661. The van der Waals surface area contributed by atoms with Crippen molar-refractivity contribution >= 4 is 94.5 Å². The Morgan fingerprint density at radius 1 is 0.275 bits per heavy atom. The SMILES string of the molecule is c1ccc2c(c1)sc1cccc(-c3ccc(-c4nc(-c5cccc6sc7ccccc7c56)nc(-c5cccc6sc7ccccc7c56)n4)cc3)c12. The van der Waals surface area contributed by atoms with Crippen LogP contribution in [-0.2, 0) is 0 Å². The normalized spacial score (nSPS) is 11.9. The Labute approximate surface area is 304 Å². The van der Waals surface area contributed by atoms with Gasteiger partial charge in [0.25, 0.3) is 0 Å². The molecule has 0 spiro atoms. The highest BCUT2D eigenvalue weighted by Gasteiger charge is 2.20. The van der Waals surface area contributed by atoms with Crippen LogP contribution in [0.4, 0.5) is 0 Å². The molecule has 0 N–H and O–H groups in total. The topological polar surface area (TPSA) is 38.7 Å². The number of hydrogen-bond donors (Lipinski definition) is 0. The first-order valence-corrected chi connectivity index (χ1v) is 19.3. The Morgan fingerprint density at radius 2 is 0.627 bits per heavy atom. The summed E-state index contributed by atoms with van der Waals surface area (Å²) in [6, 6.07) is 54.2. The first kappa shape index (κ1) is 29.0. The molecule has 0 bridgehead atoms. The molecule has 0 amide bonds. The minimum Gasteiger partial charge on any atom is -0.208 e. The van der Waals surface area contributed by atoms with Crippen molar-refractivity contribution in [1.29, 1.82) is 0 Å². The molecule has 11 aromatic rings. The van der Waals surface area contributed by atoms with Gasteiger partial charge >= 0.3 is 0 Å². The molecule has 0 atom stereocenters. The monoisotopic (exact) mass is 703 g/mol. The fourth-order valence-electron chi connectivity index (χ4n) is 7.48. The average molecular weight is 704 g/mol. The molecule has 3 nitrogen and oxygen atoms in total. The van der Waals surface area contributed by atoms with E-state index in [0.29, 0.717) is 17.5 Å². The van der Waals surface area contributed by atoms with Crippen molar-refractivity contribution in [3.63, 3.8) is 0 Å². The highest BCUT2D eigenvalue weighted by molar-refractivity contribution is 7.26. The van der Waals surface area contributed by atoms with Crippen molar-refractivity contribution in [2.24, 2.45) is 0 Å². The van der Waals surface area contributed by atoms with E-state index >= 15 is 0 Å². The first-order chi connectivity index (χ1) is 25.3. The predicted molar refractivity (Wildman–Crippen MR) is 220 cm³/mol. The van der Waals surface area contributed by atoms with Gasteiger partial charge < -0.3 is 0 Å². The van der Waals surface area contributed by atoms with Crippen LogP contribution in [0.25, 0.3) is 106 Å². The quantitative estimate of drug-likeness (QED) is 0.183. The lowest BCUT2D eigenvalue weighted by Gasteiger charge is -2.11. The highest BCUT2D eigenvalue weighted by Crippen LogP contribution is 2.43. The van der Waals surface area contributed by atoms with Gasteiger partial charge in [-0.1, -0.05) is 115 Å². The first-order valence-electron chi connectivity index (χ1n) is 16.9. The summed E-state index contributed by atoms with van der Waals surface area (Å²) in [5.74, 6) is 2.02. The van der Waals surface area contributed by atoms with Crippen molar-refractivity contribution < 1.29 is 0 Å². The molecule has 6 heteroatoms. The molecule has 0 saturated carbocycles. The molecule has 0 aliphatic carbocycles. The second-order valence-corrected chi connectivity index (χ2v) is 16.0. The van der Waals surface area contributed by atoms with Crippen LogP contribution in [0.5, 0.6) is 0 Å². The van der Waals surface area contributed by atoms with E-state index in [-0.39, 0.29) is 0 Å². The third-order valence-corrected chi connectivity index (χ3v) is 13.2. The maximum absolute atomic E-state index is 5.28. The molecule has 4 heterocycles. The maximum atomic E-state index is 5.28. The summed E-state index contributed by atoms with van der Waals surface area (Å²) in [4.78, 5) is 15.8. The Kier molecular flexibility index (Phi) is 6.46. The highest BCUT2D eigenvalue weighted by atomic mass is 32.1. The van der Waals surface area contributed by atoms with Gasteiger partial charge in [0, 0.05) is 77.2 Å². The maximum Gasteiger partial charge on any atom is 0.164 e. The minimum atomic E-state index is 0.661. The number of hydrogen-bond acceptors (Lipinski definition) is 6. The molecule has 0 aliphatic rings. The standard InChI is InChI=1S/C45H25N3S3/c1-4-16-34-29(10-1)40-28(13-7-19-37(40)49-34)26-22-24-27(25-23-26)43-46-44(32-14-8-20-38-41(32)30-11-2-5-17-35(30)50-38)48-45(47-43)33-15-9-21-39-42(33)31-12-3-6-18-36(31)51-39/h1-25H. The number of benzene rings is 7. The number of fused-ring (bicyclic) bond motifs is 9. The lowest BCUT2D eigenvalue weighted by Crippen LogP contribution is -2.00. The number of thiophene rings is 3. The van der Waals surface area contributed by atoms with Crippen LogP contribution in [0, 0.1) is 0 Å². The molecule has 0 unspecified atom stereocenters. The lowest BCUT2D eigenvalue weighted by atomic mass is 9.98. The van der Waals surface area contributed by atoms with Gasteiger partial charge in [-0.05, 0) is 47.5 Å².